The predicted octanol–water partition coefficient (Wildman–Crippen LogP) is 4.69. The molecule has 0 N–H and O–H groups in total. The second kappa shape index (κ2) is 5.23. The van der Waals surface area contributed by atoms with Gasteiger partial charge in [-0.15, -0.1) is 11.8 Å². The Kier molecular flexibility index (Phi) is 3.92. The molecule has 0 aliphatic rings. The van der Waals surface area contributed by atoms with Gasteiger partial charge in [-0.3, -0.25) is 0 Å². The van der Waals surface area contributed by atoms with Crippen molar-refractivity contribution in [2.45, 2.75) is 2.75 Å². The quantitative estimate of drug-likeness (QED) is 0.577. The largest absolute Gasteiger partial charge is 0.138 e. The minimum atomic E-state index is 0.0142. The van der Waals surface area contributed by atoms with E-state index in [9.17, 15) is 0 Å². The van der Waals surface area contributed by atoms with Crippen LogP contribution in [0.1, 0.15) is 11.1 Å². The third-order valence-corrected chi connectivity index (χ3v) is 6.17. The maximum atomic E-state index is 2.53. The highest BCUT2D eigenvalue weighted by atomic mass is 127. The molecule has 16 heavy (non-hydrogen) atoms. The number of hydrogen-bond acceptors (Lipinski definition) is 1. The zero-order valence-corrected chi connectivity index (χ0v) is 12.0. The van der Waals surface area contributed by atoms with Gasteiger partial charge in [-0.25, -0.2) is 0 Å². The van der Waals surface area contributed by atoms with Gasteiger partial charge in [-0.05, 0) is 17.4 Å². The summed E-state index contributed by atoms with van der Waals surface area (Å²) in [6, 6.07) is 21.3. The third kappa shape index (κ3) is 2.28. The summed E-state index contributed by atoms with van der Waals surface area (Å²) in [5.74, 6) is 0. The summed E-state index contributed by atoms with van der Waals surface area (Å²) in [5.41, 5.74) is 2.68. The third-order valence-electron chi connectivity index (χ3n) is 2.57. The van der Waals surface area contributed by atoms with E-state index in [-0.39, 0.29) is 2.75 Å². The van der Waals surface area contributed by atoms with E-state index in [0.717, 1.165) is 0 Å². The Morgan fingerprint density at radius 1 is 0.812 bits per heavy atom. The Hall–Kier alpha value is -0.480. The molecule has 0 unspecified atom stereocenters. The molecular formula is C14H13IS. The normalized spacial score (nSPS) is 11.4. The molecule has 0 bridgehead atoms. The zero-order chi connectivity index (χ0) is 11.4. The van der Waals surface area contributed by atoms with Crippen LogP contribution < -0.4 is 0 Å². The van der Waals surface area contributed by atoms with Gasteiger partial charge < -0.3 is 0 Å². The van der Waals surface area contributed by atoms with Gasteiger partial charge in [0, 0.05) is 0 Å². The van der Waals surface area contributed by atoms with Crippen molar-refractivity contribution >= 4 is 34.4 Å². The molecule has 0 amide bonds. The van der Waals surface area contributed by atoms with Gasteiger partial charge in [0.1, 0.15) is 2.75 Å². The highest BCUT2D eigenvalue weighted by Crippen LogP contribution is 2.47. The predicted molar refractivity (Wildman–Crippen MR) is 81.2 cm³/mol. The SMILES string of the molecule is CSC(I)(c1ccccc1)c1ccccc1. The summed E-state index contributed by atoms with van der Waals surface area (Å²) < 4.78 is 0.0142. The van der Waals surface area contributed by atoms with Crippen LogP contribution in [0, 0.1) is 0 Å². The first kappa shape index (κ1) is 12.0. The van der Waals surface area contributed by atoms with Crippen molar-refractivity contribution in [1.82, 2.24) is 0 Å². The first-order chi connectivity index (χ1) is 7.77. The van der Waals surface area contributed by atoms with Crippen molar-refractivity contribution in [1.29, 1.82) is 0 Å². The van der Waals surface area contributed by atoms with Crippen LogP contribution in [0.3, 0.4) is 0 Å². The lowest BCUT2D eigenvalue weighted by molar-refractivity contribution is 1.12. The van der Waals surface area contributed by atoms with Gasteiger partial charge in [0.05, 0.1) is 0 Å². The van der Waals surface area contributed by atoms with Crippen molar-refractivity contribution in [2.75, 3.05) is 6.26 Å². The summed E-state index contributed by atoms with van der Waals surface area (Å²) in [4.78, 5) is 0. The summed E-state index contributed by atoms with van der Waals surface area (Å²) in [7, 11) is 0. The number of hydrogen-bond donors (Lipinski definition) is 0. The van der Waals surface area contributed by atoms with Gasteiger partial charge in [-0.1, -0.05) is 83.3 Å². The Labute approximate surface area is 115 Å². The van der Waals surface area contributed by atoms with Crippen molar-refractivity contribution in [3.8, 4) is 0 Å². The van der Waals surface area contributed by atoms with Crippen LogP contribution >= 0.6 is 34.4 Å². The lowest BCUT2D eigenvalue weighted by atomic mass is 10.0. The number of benzene rings is 2. The molecule has 2 aromatic rings. The Morgan fingerprint density at radius 3 is 1.50 bits per heavy atom. The van der Waals surface area contributed by atoms with E-state index in [2.05, 4.69) is 89.5 Å². The number of thioether (sulfide) groups is 1. The van der Waals surface area contributed by atoms with Crippen LogP contribution in [-0.4, -0.2) is 6.26 Å². The van der Waals surface area contributed by atoms with E-state index in [1.54, 1.807) is 0 Å². The first-order valence-corrected chi connectivity index (χ1v) is 7.43. The van der Waals surface area contributed by atoms with Crippen LogP contribution in [-0.2, 0) is 2.75 Å². The van der Waals surface area contributed by atoms with Crippen molar-refractivity contribution < 1.29 is 0 Å². The summed E-state index contributed by atoms with van der Waals surface area (Å²) in [6.45, 7) is 0. The average Bonchev–Trinajstić information content (AvgIpc) is 2.40. The monoisotopic (exact) mass is 340 g/mol. The smallest absolute Gasteiger partial charge is 0.117 e. The van der Waals surface area contributed by atoms with Gasteiger partial charge in [0.15, 0.2) is 0 Å². The molecule has 0 heterocycles. The Morgan fingerprint density at radius 2 is 1.19 bits per heavy atom. The second-order valence-electron chi connectivity index (χ2n) is 3.53. The summed E-state index contributed by atoms with van der Waals surface area (Å²) >= 11 is 4.40. The first-order valence-electron chi connectivity index (χ1n) is 5.12. The fraction of sp³-hybridized carbons (Fsp3) is 0.143. The molecule has 0 spiro atoms. The summed E-state index contributed by atoms with van der Waals surface area (Å²) in [6.07, 6.45) is 2.16. The number of rotatable bonds is 3. The van der Waals surface area contributed by atoms with E-state index in [0.29, 0.717) is 0 Å². The number of alkyl halides is 1. The average molecular weight is 340 g/mol. The molecule has 2 heteroatoms. The molecule has 2 aromatic carbocycles. The van der Waals surface area contributed by atoms with Crippen molar-refractivity contribution in [2.24, 2.45) is 0 Å². The highest BCUT2D eigenvalue weighted by Gasteiger charge is 2.29. The Bertz CT molecular complexity index is 399. The molecule has 82 valence electrons. The number of halogens is 1. The van der Waals surface area contributed by atoms with Crippen LogP contribution in [0.5, 0.6) is 0 Å². The van der Waals surface area contributed by atoms with Gasteiger partial charge >= 0.3 is 0 Å². The minimum Gasteiger partial charge on any atom is -0.138 e. The van der Waals surface area contributed by atoms with E-state index >= 15 is 0 Å². The topological polar surface area (TPSA) is 0 Å². The molecule has 0 fully saturated rings. The molecule has 0 saturated carbocycles. The van der Waals surface area contributed by atoms with Gasteiger partial charge in [0.2, 0.25) is 0 Å². The molecule has 0 saturated heterocycles. The van der Waals surface area contributed by atoms with E-state index < -0.39 is 0 Å². The summed E-state index contributed by atoms with van der Waals surface area (Å²) in [5, 5.41) is 0. The fourth-order valence-electron chi connectivity index (χ4n) is 1.71. The molecular weight excluding hydrogens is 327 g/mol. The van der Waals surface area contributed by atoms with Gasteiger partial charge in [-0.2, -0.15) is 0 Å². The van der Waals surface area contributed by atoms with Crippen molar-refractivity contribution in [3.63, 3.8) is 0 Å². The lowest BCUT2D eigenvalue weighted by Gasteiger charge is -2.26. The molecule has 0 aliphatic heterocycles. The van der Waals surface area contributed by atoms with Crippen LogP contribution in [0.25, 0.3) is 0 Å². The van der Waals surface area contributed by atoms with E-state index in [4.69, 9.17) is 0 Å². The minimum absolute atomic E-state index is 0.0142. The second-order valence-corrected chi connectivity index (χ2v) is 6.90. The van der Waals surface area contributed by atoms with E-state index in [1.807, 2.05) is 11.8 Å². The van der Waals surface area contributed by atoms with Gasteiger partial charge in [0.25, 0.3) is 0 Å². The maximum absolute atomic E-state index is 2.53. The molecule has 0 aromatic heterocycles. The standard InChI is InChI=1S/C14H13IS/c1-16-14(15,12-8-4-2-5-9-12)13-10-6-3-7-11-13/h2-11H,1H3. The lowest BCUT2D eigenvalue weighted by Crippen LogP contribution is -2.14. The van der Waals surface area contributed by atoms with Crippen molar-refractivity contribution in [3.05, 3.63) is 71.8 Å². The van der Waals surface area contributed by atoms with Crippen LogP contribution in [0.15, 0.2) is 60.7 Å². The Balaban J connectivity index is 2.49. The molecule has 0 radical (unpaired) electrons. The van der Waals surface area contributed by atoms with E-state index in [1.165, 1.54) is 11.1 Å². The maximum Gasteiger partial charge on any atom is 0.117 e. The molecule has 0 atom stereocenters. The molecule has 0 nitrogen and oxygen atoms in total. The molecule has 0 aliphatic carbocycles. The zero-order valence-electron chi connectivity index (χ0n) is 9.06. The fourth-order valence-corrected chi connectivity index (χ4v) is 3.17. The highest BCUT2D eigenvalue weighted by molar-refractivity contribution is 14.1. The molecule has 2 rings (SSSR count). The van der Waals surface area contributed by atoms with Crippen LogP contribution in [0.2, 0.25) is 0 Å². The van der Waals surface area contributed by atoms with Crippen LogP contribution in [0.4, 0.5) is 0 Å².